The zero-order valence-electron chi connectivity index (χ0n) is 11.0. The zero-order valence-corrected chi connectivity index (χ0v) is 11.0. The Bertz CT molecular complexity index is 896. The first-order chi connectivity index (χ1) is 9.92. The van der Waals surface area contributed by atoms with Crippen LogP contribution in [0.5, 0.6) is 0 Å². The van der Waals surface area contributed by atoms with Gasteiger partial charge in [-0.2, -0.15) is 0 Å². The van der Waals surface area contributed by atoms with Gasteiger partial charge in [0.1, 0.15) is 0 Å². The number of nitrogens with zero attached hydrogens (tertiary/aromatic N) is 1. The van der Waals surface area contributed by atoms with Crippen molar-refractivity contribution in [3.8, 4) is 11.3 Å². The van der Waals surface area contributed by atoms with Crippen LogP contribution in [0.2, 0.25) is 0 Å². The summed E-state index contributed by atoms with van der Waals surface area (Å²) in [5.41, 5.74) is 4.64. The molecule has 1 nitrogen and oxygen atoms in total. The van der Waals surface area contributed by atoms with Crippen LogP contribution in [0.3, 0.4) is 0 Å². The number of rotatable bonds is 0. The molecular weight excluding hydrogens is 242 g/mol. The quantitative estimate of drug-likeness (QED) is 0.705. The first-order valence-electron chi connectivity index (χ1n) is 6.76. The number of fused-ring (bicyclic) bond motifs is 4. The molecule has 0 saturated heterocycles. The Morgan fingerprint density at radius 1 is 0.750 bits per heavy atom. The molecule has 0 amide bonds. The minimum Gasteiger partial charge on any atom is -0.247 e. The molecule has 1 aromatic heterocycles. The van der Waals surface area contributed by atoms with E-state index < -0.39 is 0 Å². The van der Waals surface area contributed by atoms with Crippen LogP contribution in [0.4, 0.5) is 0 Å². The molecule has 1 aromatic carbocycles. The molecule has 0 aliphatic heterocycles. The predicted octanol–water partition coefficient (Wildman–Crippen LogP) is 2.92. The number of benzene rings is 1. The Labute approximate surface area is 117 Å². The lowest BCUT2D eigenvalue weighted by molar-refractivity contribution is 1.22. The molecule has 2 aromatic rings. The fourth-order valence-electron chi connectivity index (χ4n) is 2.65. The molecule has 0 unspecified atom stereocenters. The molecule has 0 fully saturated rings. The van der Waals surface area contributed by atoms with Crippen molar-refractivity contribution in [3.05, 3.63) is 76.3 Å². The van der Waals surface area contributed by atoms with Gasteiger partial charge in [-0.05, 0) is 17.7 Å². The van der Waals surface area contributed by atoms with Crippen LogP contribution in [-0.2, 0) is 0 Å². The maximum atomic E-state index is 4.89. The van der Waals surface area contributed by atoms with Crippen LogP contribution in [-0.4, -0.2) is 4.98 Å². The van der Waals surface area contributed by atoms with E-state index in [2.05, 4.69) is 66.8 Å². The lowest BCUT2D eigenvalue weighted by atomic mass is 10.0. The number of hydrogen-bond acceptors (Lipinski definition) is 1. The van der Waals surface area contributed by atoms with Gasteiger partial charge in [0, 0.05) is 16.3 Å². The zero-order chi connectivity index (χ0) is 13.4. The summed E-state index contributed by atoms with van der Waals surface area (Å²) in [6, 6.07) is 10.6. The van der Waals surface area contributed by atoms with Crippen LogP contribution in [0.25, 0.3) is 35.6 Å². The van der Waals surface area contributed by atoms with Crippen LogP contribution >= 0.6 is 0 Å². The van der Waals surface area contributed by atoms with E-state index in [9.17, 15) is 0 Å². The summed E-state index contributed by atoms with van der Waals surface area (Å²) in [4.78, 5) is 4.89. The second-order valence-corrected chi connectivity index (χ2v) is 4.92. The Morgan fingerprint density at radius 3 is 2.65 bits per heavy atom. The average Bonchev–Trinajstić information content (AvgIpc) is 2.80. The minimum atomic E-state index is 1.03. The van der Waals surface area contributed by atoms with Crippen LogP contribution < -0.4 is 10.6 Å². The van der Waals surface area contributed by atoms with Crippen LogP contribution in [0.15, 0.2) is 54.6 Å². The molecule has 4 rings (SSSR count). The van der Waals surface area contributed by atoms with Crippen molar-refractivity contribution in [2.75, 3.05) is 0 Å². The first kappa shape index (κ1) is 11.2. The van der Waals surface area contributed by atoms with E-state index in [0.29, 0.717) is 0 Å². The van der Waals surface area contributed by atoms with Crippen molar-refractivity contribution in [2.24, 2.45) is 0 Å². The fraction of sp³-hybridized carbons (Fsp3) is 0. The topological polar surface area (TPSA) is 12.9 Å². The summed E-state index contributed by atoms with van der Waals surface area (Å²) >= 11 is 0. The molecule has 0 saturated carbocycles. The summed E-state index contributed by atoms with van der Waals surface area (Å²) in [5.74, 6) is 0. The molecule has 1 heterocycles. The molecule has 0 bridgehead atoms. The minimum absolute atomic E-state index is 1.03. The highest BCUT2D eigenvalue weighted by molar-refractivity contribution is 5.79. The highest BCUT2D eigenvalue weighted by Crippen LogP contribution is 2.21. The second-order valence-electron chi connectivity index (χ2n) is 4.92. The van der Waals surface area contributed by atoms with E-state index in [-0.39, 0.29) is 0 Å². The molecule has 2 aliphatic carbocycles. The van der Waals surface area contributed by atoms with Gasteiger partial charge in [0.15, 0.2) is 0 Å². The molecular formula is C19H13N. The van der Waals surface area contributed by atoms with Gasteiger partial charge in [0.2, 0.25) is 0 Å². The lowest BCUT2D eigenvalue weighted by Crippen LogP contribution is -2.20. The second kappa shape index (κ2) is 4.46. The number of hydrogen-bond donors (Lipinski definition) is 0. The van der Waals surface area contributed by atoms with Gasteiger partial charge in [-0.3, -0.25) is 0 Å². The van der Waals surface area contributed by atoms with Crippen molar-refractivity contribution in [2.45, 2.75) is 0 Å². The molecule has 94 valence electrons. The predicted molar refractivity (Wildman–Crippen MR) is 85.1 cm³/mol. The van der Waals surface area contributed by atoms with Crippen molar-refractivity contribution < 1.29 is 0 Å². The summed E-state index contributed by atoms with van der Waals surface area (Å²) in [6.45, 7) is 0. The molecule has 0 radical (unpaired) electrons. The lowest BCUT2D eigenvalue weighted by Gasteiger charge is -2.06. The molecule has 0 N–H and O–H groups in total. The van der Waals surface area contributed by atoms with E-state index in [1.54, 1.807) is 0 Å². The normalized spacial score (nSPS) is 14.2. The van der Waals surface area contributed by atoms with Crippen molar-refractivity contribution in [1.29, 1.82) is 0 Å². The van der Waals surface area contributed by atoms with E-state index in [1.165, 1.54) is 16.3 Å². The number of aromatic nitrogens is 1. The largest absolute Gasteiger partial charge is 0.247 e. The monoisotopic (exact) mass is 255 g/mol. The first-order valence-corrected chi connectivity index (χ1v) is 6.76. The Hall–Kier alpha value is -2.67. The highest BCUT2D eigenvalue weighted by Gasteiger charge is 2.09. The van der Waals surface area contributed by atoms with Crippen LogP contribution in [0.1, 0.15) is 11.1 Å². The molecule has 2 aliphatic rings. The molecule has 0 spiro atoms. The number of allylic oxidation sites excluding steroid dienone is 4. The van der Waals surface area contributed by atoms with E-state index >= 15 is 0 Å². The van der Waals surface area contributed by atoms with Gasteiger partial charge >= 0.3 is 0 Å². The van der Waals surface area contributed by atoms with E-state index in [0.717, 1.165) is 16.6 Å². The van der Waals surface area contributed by atoms with Gasteiger partial charge in [0.25, 0.3) is 0 Å². The molecule has 0 atom stereocenters. The van der Waals surface area contributed by atoms with Gasteiger partial charge < -0.3 is 0 Å². The Balaban J connectivity index is 2.11. The van der Waals surface area contributed by atoms with Crippen LogP contribution in [0, 0.1) is 0 Å². The molecule has 20 heavy (non-hydrogen) atoms. The Kier molecular flexibility index (Phi) is 2.49. The third-order valence-electron chi connectivity index (χ3n) is 3.63. The fourth-order valence-corrected chi connectivity index (χ4v) is 2.65. The van der Waals surface area contributed by atoms with Gasteiger partial charge in [-0.15, -0.1) is 0 Å². The maximum absolute atomic E-state index is 4.89. The third-order valence-corrected chi connectivity index (χ3v) is 3.63. The summed E-state index contributed by atoms with van der Waals surface area (Å²) in [7, 11) is 0. The van der Waals surface area contributed by atoms with Crippen molar-refractivity contribution in [1.82, 2.24) is 4.98 Å². The summed E-state index contributed by atoms with van der Waals surface area (Å²) in [6.07, 6.45) is 16.7. The average molecular weight is 255 g/mol. The van der Waals surface area contributed by atoms with Crippen molar-refractivity contribution in [3.63, 3.8) is 0 Å². The summed E-state index contributed by atoms with van der Waals surface area (Å²) in [5, 5.41) is 2.20. The molecule has 1 heteroatoms. The van der Waals surface area contributed by atoms with Gasteiger partial charge in [-0.1, -0.05) is 66.8 Å². The Morgan fingerprint density at radius 2 is 1.65 bits per heavy atom. The maximum Gasteiger partial charge on any atom is 0.0788 e. The number of pyridine rings is 1. The summed E-state index contributed by atoms with van der Waals surface area (Å²) < 4.78 is 0. The van der Waals surface area contributed by atoms with Gasteiger partial charge in [-0.25, -0.2) is 4.98 Å². The highest BCUT2D eigenvalue weighted by atomic mass is 14.7. The van der Waals surface area contributed by atoms with E-state index in [4.69, 9.17) is 4.98 Å². The third kappa shape index (κ3) is 1.76. The van der Waals surface area contributed by atoms with Gasteiger partial charge in [0.05, 0.1) is 11.0 Å². The SMILES string of the molecule is C1=CC=c2nc3c(cc2C=C1)=CC=Cc1ccccc1-3. The van der Waals surface area contributed by atoms with Crippen molar-refractivity contribution >= 4 is 24.3 Å². The standard InChI is InChI=1S/C19H13N/c1-2-8-15-13-16-10-6-9-14-7-4-5-11-17(14)19(16)20-18(15)12-3-1/h1-13H. The smallest absolute Gasteiger partial charge is 0.0788 e. The van der Waals surface area contributed by atoms with E-state index in [1.807, 2.05) is 12.2 Å².